The monoisotopic (exact) mass is 269 g/mol. The second-order valence-corrected chi connectivity index (χ2v) is 5.09. The second-order valence-electron chi connectivity index (χ2n) is 5.09. The second kappa shape index (κ2) is 7.11. The van der Waals surface area contributed by atoms with Crippen LogP contribution >= 0.6 is 0 Å². The summed E-state index contributed by atoms with van der Waals surface area (Å²) in [6.45, 7) is 7.89. The van der Waals surface area contributed by atoms with Crippen molar-refractivity contribution in [2.45, 2.75) is 33.4 Å². The standard InChI is InChI=1S/C18H23NO/c1-4-20-18-11-9-17(10-12-18)15(3)19-13-16-7-5-14(2)6-8-16/h5-12,15,19H,4,13H2,1-3H3. The minimum atomic E-state index is 0.326. The molecule has 2 aromatic carbocycles. The number of rotatable bonds is 6. The molecule has 0 aliphatic carbocycles. The zero-order valence-corrected chi connectivity index (χ0v) is 12.5. The van der Waals surface area contributed by atoms with E-state index in [1.54, 1.807) is 0 Å². The van der Waals surface area contributed by atoms with E-state index in [-0.39, 0.29) is 0 Å². The molecule has 20 heavy (non-hydrogen) atoms. The van der Waals surface area contributed by atoms with Crippen molar-refractivity contribution in [2.75, 3.05) is 6.61 Å². The van der Waals surface area contributed by atoms with E-state index >= 15 is 0 Å². The van der Waals surface area contributed by atoms with Gasteiger partial charge in [-0.15, -0.1) is 0 Å². The van der Waals surface area contributed by atoms with Gasteiger partial charge in [0.1, 0.15) is 5.75 Å². The van der Waals surface area contributed by atoms with E-state index in [1.165, 1.54) is 16.7 Å². The van der Waals surface area contributed by atoms with Crippen LogP contribution in [0.5, 0.6) is 5.75 Å². The molecule has 0 aromatic heterocycles. The lowest BCUT2D eigenvalue weighted by molar-refractivity contribution is 0.340. The molecule has 106 valence electrons. The van der Waals surface area contributed by atoms with Crippen LogP contribution in [0, 0.1) is 6.92 Å². The van der Waals surface area contributed by atoms with Crippen molar-refractivity contribution in [3.63, 3.8) is 0 Å². The fourth-order valence-corrected chi connectivity index (χ4v) is 2.11. The molecule has 1 atom stereocenters. The Morgan fingerprint density at radius 1 is 1.00 bits per heavy atom. The summed E-state index contributed by atoms with van der Waals surface area (Å²) in [5.41, 5.74) is 3.89. The summed E-state index contributed by atoms with van der Waals surface area (Å²) in [6.07, 6.45) is 0. The maximum absolute atomic E-state index is 5.46. The van der Waals surface area contributed by atoms with Crippen LogP contribution in [0.25, 0.3) is 0 Å². The maximum Gasteiger partial charge on any atom is 0.119 e. The Balaban J connectivity index is 1.90. The fourth-order valence-electron chi connectivity index (χ4n) is 2.11. The first-order chi connectivity index (χ1) is 9.69. The molecule has 0 aliphatic heterocycles. The average Bonchev–Trinajstić information content (AvgIpc) is 2.47. The summed E-state index contributed by atoms with van der Waals surface area (Å²) in [4.78, 5) is 0. The predicted octanol–water partition coefficient (Wildman–Crippen LogP) is 4.24. The van der Waals surface area contributed by atoms with Gasteiger partial charge in [-0.25, -0.2) is 0 Å². The van der Waals surface area contributed by atoms with E-state index in [1.807, 2.05) is 19.1 Å². The van der Waals surface area contributed by atoms with E-state index < -0.39 is 0 Å². The number of aryl methyl sites for hydroxylation is 1. The highest BCUT2D eigenvalue weighted by Gasteiger charge is 2.05. The van der Waals surface area contributed by atoms with E-state index in [2.05, 4.69) is 55.6 Å². The van der Waals surface area contributed by atoms with Gasteiger partial charge in [-0.1, -0.05) is 42.0 Å². The zero-order chi connectivity index (χ0) is 14.4. The minimum absolute atomic E-state index is 0.326. The minimum Gasteiger partial charge on any atom is -0.494 e. The van der Waals surface area contributed by atoms with Crippen molar-refractivity contribution in [2.24, 2.45) is 0 Å². The van der Waals surface area contributed by atoms with Gasteiger partial charge in [-0.05, 0) is 44.0 Å². The molecule has 0 saturated carbocycles. The molecule has 0 saturated heterocycles. The van der Waals surface area contributed by atoms with Crippen LogP contribution in [0.3, 0.4) is 0 Å². The van der Waals surface area contributed by atoms with Crippen LogP contribution in [0.15, 0.2) is 48.5 Å². The van der Waals surface area contributed by atoms with Crippen molar-refractivity contribution in [1.29, 1.82) is 0 Å². The summed E-state index contributed by atoms with van der Waals surface area (Å²) in [7, 11) is 0. The van der Waals surface area contributed by atoms with Gasteiger partial charge in [-0.3, -0.25) is 0 Å². The molecular formula is C18H23NO. The van der Waals surface area contributed by atoms with E-state index in [0.717, 1.165) is 12.3 Å². The van der Waals surface area contributed by atoms with Crippen LogP contribution in [-0.4, -0.2) is 6.61 Å². The molecule has 2 heteroatoms. The summed E-state index contributed by atoms with van der Waals surface area (Å²) in [6, 6.07) is 17.3. The van der Waals surface area contributed by atoms with Crippen LogP contribution in [0.4, 0.5) is 0 Å². The van der Waals surface area contributed by atoms with Gasteiger partial charge in [-0.2, -0.15) is 0 Å². The third kappa shape index (κ3) is 4.10. The highest BCUT2D eigenvalue weighted by Crippen LogP contribution is 2.18. The largest absolute Gasteiger partial charge is 0.494 e. The number of ether oxygens (including phenoxy) is 1. The molecule has 0 amide bonds. The molecule has 0 fully saturated rings. The van der Waals surface area contributed by atoms with Crippen LogP contribution < -0.4 is 10.1 Å². The first kappa shape index (κ1) is 14.6. The van der Waals surface area contributed by atoms with Gasteiger partial charge in [0.25, 0.3) is 0 Å². The van der Waals surface area contributed by atoms with Gasteiger partial charge < -0.3 is 10.1 Å². The lowest BCUT2D eigenvalue weighted by Gasteiger charge is -2.15. The Morgan fingerprint density at radius 3 is 2.25 bits per heavy atom. The number of hydrogen-bond acceptors (Lipinski definition) is 2. The molecule has 0 radical (unpaired) electrons. The Bertz CT molecular complexity index is 516. The Hall–Kier alpha value is -1.80. The van der Waals surface area contributed by atoms with Gasteiger partial charge in [0.05, 0.1) is 6.61 Å². The summed E-state index contributed by atoms with van der Waals surface area (Å²) < 4.78 is 5.46. The number of nitrogens with one attached hydrogen (secondary N) is 1. The van der Waals surface area contributed by atoms with Crippen LogP contribution in [0.2, 0.25) is 0 Å². The quantitative estimate of drug-likeness (QED) is 0.846. The topological polar surface area (TPSA) is 21.3 Å². The third-order valence-corrected chi connectivity index (χ3v) is 3.42. The first-order valence-corrected chi connectivity index (χ1v) is 7.20. The van der Waals surface area contributed by atoms with E-state index in [9.17, 15) is 0 Å². The van der Waals surface area contributed by atoms with E-state index in [0.29, 0.717) is 12.6 Å². The molecule has 2 rings (SSSR count). The Morgan fingerprint density at radius 2 is 1.65 bits per heavy atom. The number of benzene rings is 2. The highest BCUT2D eigenvalue weighted by atomic mass is 16.5. The Kier molecular flexibility index (Phi) is 5.19. The third-order valence-electron chi connectivity index (χ3n) is 3.42. The van der Waals surface area contributed by atoms with Gasteiger partial charge in [0, 0.05) is 12.6 Å². The maximum atomic E-state index is 5.46. The van der Waals surface area contributed by atoms with Crippen molar-refractivity contribution in [3.05, 3.63) is 65.2 Å². The summed E-state index contributed by atoms with van der Waals surface area (Å²) in [5, 5.41) is 3.55. The molecule has 2 aromatic rings. The van der Waals surface area contributed by atoms with Crippen molar-refractivity contribution >= 4 is 0 Å². The van der Waals surface area contributed by atoms with Gasteiger partial charge >= 0.3 is 0 Å². The molecular weight excluding hydrogens is 246 g/mol. The van der Waals surface area contributed by atoms with Gasteiger partial charge in [0.2, 0.25) is 0 Å². The van der Waals surface area contributed by atoms with Crippen molar-refractivity contribution < 1.29 is 4.74 Å². The molecule has 2 nitrogen and oxygen atoms in total. The number of hydrogen-bond donors (Lipinski definition) is 1. The smallest absolute Gasteiger partial charge is 0.119 e. The molecule has 0 aliphatic rings. The lowest BCUT2D eigenvalue weighted by atomic mass is 10.1. The molecule has 0 spiro atoms. The fraction of sp³-hybridized carbons (Fsp3) is 0.333. The zero-order valence-electron chi connectivity index (χ0n) is 12.5. The SMILES string of the molecule is CCOc1ccc(C(C)NCc2ccc(C)cc2)cc1. The first-order valence-electron chi connectivity index (χ1n) is 7.20. The highest BCUT2D eigenvalue weighted by molar-refractivity contribution is 5.29. The molecule has 0 bridgehead atoms. The summed E-state index contributed by atoms with van der Waals surface area (Å²) >= 11 is 0. The van der Waals surface area contributed by atoms with Crippen molar-refractivity contribution in [1.82, 2.24) is 5.32 Å². The van der Waals surface area contributed by atoms with Crippen LogP contribution in [-0.2, 0) is 6.54 Å². The summed E-state index contributed by atoms with van der Waals surface area (Å²) in [5.74, 6) is 0.932. The van der Waals surface area contributed by atoms with Crippen LogP contribution in [0.1, 0.15) is 36.6 Å². The Labute approximate surface area is 121 Å². The average molecular weight is 269 g/mol. The van der Waals surface area contributed by atoms with E-state index in [4.69, 9.17) is 4.74 Å². The predicted molar refractivity (Wildman–Crippen MR) is 84.0 cm³/mol. The molecule has 0 heterocycles. The normalized spacial score (nSPS) is 12.2. The van der Waals surface area contributed by atoms with Crippen molar-refractivity contribution in [3.8, 4) is 5.75 Å². The molecule has 1 unspecified atom stereocenters. The molecule has 1 N–H and O–H groups in total. The van der Waals surface area contributed by atoms with Gasteiger partial charge in [0.15, 0.2) is 0 Å². The lowest BCUT2D eigenvalue weighted by Crippen LogP contribution is -2.17.